The Balaban J connectivity index is 2.36. The van der Waals surface area contributed by atoms with Crippen LogP contribution in [-0.2, 0) is 0 Å². The number of carboxylic acid groups (broad SMARTS) is 1. The molecule has 86 valence electrons. The Morgan fingerprint density at radius 1 is 1.12 bits per heavy atom. The molecule has 17 heavy (non-hydrogen) atoms. The number of aromatic carboxylic acids is 1. The Morgan fingerprint density at radius 2 is 1.82 bits per heavy atom. The molecule has 2 rings (SSSR count). The molecule has 2 nitrogen and oxygen atoms in total. The highest BCUT2D eigenvalue weighted by Crippen LogP contribution is 2.30. The Morgan fingerprint density at radius 3 is 2.47 bits per heavy atom. The quantitative estimate of drug-likeness (QED) is 0.900. The van der Waals surface area contributed by atoms with Gasteiger partial charge >= 0.3 is 5.97 Å². The van der Waals surface area contributed by atoms with Crippen LogP contribution in [0.1, 0.15) is 10.4 Å². The van der Waals surface area contributed by atoms with Gasteiger partial charge in [-0.1, -0.05) is 30.0 Å². The van der Waals surface area contributed by atoms with Crippen LogP contribution in [0.2, 0.25) is 0 Å². The Hall–Kier alpha value is -1.81. The molecular weight excluding hydrogens is 239 g/mol. The molecule has 0 aromatic heterocycles. The molecule has 0 fully saturated rings. The average molecular weight is 248 g/mol. The van der Waals surface area contributed by atoms with Gasteiger partial charge in [0, 0.05) is 9.79 Å². The van der Waals surface area contributed by atoms with Crippen molar-refractivity contribution in [3.63, 3.8) is 0 Å². The molecule has 0 aliphatic heterocycles. The van der Waals surface area contributed by atoms with Gasteiger partial charge in [0.1, 0.15) is 5.82 Å². The van der Waals surface area contributed by atoms with Crippen molar-refractivity contribution in [2.24, 2.45) is 0 Å². The highest BCUT2D eigenvalue weighted by Gasteiger charge is 2.12. The Kier molecular flexibility index (Phi) is 3.44. The number of carboxylic acids is 1. The van der Waals surface area contributed by atoms with Crippen molar-refractivity contribution in [3.8, 4) is 0 Å². The number of benzene rings is 2. The van der Waals surface area contributed by atoms with Gasteiger partial charge < -0.3 is 5.11 Å². The molecule has 0 spiro atoms. The first-order chi connectivity index (χ1) is 8.16. The third-order valence-electron chi connectivity index (χ3n) is 2.14. The maximum atomic E-state index is 13.0. The van der Waals surface area contributed by atoms with Crippen LogP contribution in [0.25, 0.3) is 0 Å². The van der Waals surface area contributed by atoms with Gasteiger partial charge in [0.25, 0.3) is 0 Å². The van der Waals surface area contributed by atoms with Crippen LogP contribution in [0.4, 0.5) is 4.39 Å². The molecule has 0 atom stereocenters. The summed E-state index contributed by atoms with van der Waals surface area (Å²) in [5.74, 6) is -1.66. The van der Waals surface area contributed by atoms with Crippen LogP contribution >= 0.6 is 11.8 Å². The third-order valence-corrected chi connectivity index (χ3v) is 3.23. The van der Waals surface area contributed by atoms with E-state index in [0.29, 0.717) is 4.90 Å². The molecule has 0 aliphatic rings. The van der Waals surface area contributed by atoms with Gasteiger partial charge in [-0.3, -0.25) is 0 Å². The SMILES string of the molecule is O=C(O)c1cc(F)ccc1Sc1ccccc1. The number of carbonyl (C=O) groups is 1. The second kappa shape index (κ2) is 5.01. The lowest BCUT2D eigenvalue weighted by Gasteiger charge is -2.05. The van der Waals surface area contributed by atoms with E-state index in [9.17, 15) is 9.18 Å². The predicted octanol–water partition coefficient (Wildman–Crippen LogP) is 3.68. The molecule has 0 amide bonds. The number of hydrogen-bond acceptors (Lipinski definition) is 2. The molecular formula is C13H9FO2S. The molecule has 0 radical (unpaired) electrons. The minimum absolute atomic E-state index is 0.0150. The first kappa shape index (κ1) is 11.7. The maximum Gasteiger partial charge on any atom is 0.336 e. The molecule has 0 saturated carbocycles. The van der Waals surface area contributed by atoms with E-state index in [4.69, 9.17) is 5.11 Å². The van der Waals surface area contributed by atoms with Crippen LogP contribution in [0.3, 0.4) is 0 Å². The fourth-order valence-electron chi connectivity index (χ4n) is 1.37. The fourth-order valence-corrected chi connectivity index (χ4v) is 2.31. The highest BCUT2D eigenvalue weighted by atomic mass is 32.2. The number of rotatable bonds is 3. The van der Waals surface area contributed by atoms with Gasteiger partial charge in [-0.25, -0.2) is 9.18 Å². The molecule has 0 aliphatic carbocycles. The van der Waals surface area contributed by atoms with Crippen molar-refractivity contribution >= 4 is 17.7 Å². The van der Waals surface area contributed by atoms with Crippen LogP contribution in [0.15, 0.2) is 58.3 Å². The Bertz CT molecular complexity index is 540. The first-order valence-electron chi connectivity index (χ1n) is 4.92. The summed E-state index contributed by atoms with van der Waals surface area (Å²) in [6, 6.07) is 13.1. The van der Waals surface area contributed by atoms with Crippen molar-refractivity contribution in [2.75, 3.05) is 0 Å². The standard InChI is InChI=1S/C13H9FO2S/c14-9-6-7-12(11(8-9)13(15)16)17-10-4-2-1-3-5-10/h1-8H,(H,15,16). The van der Waals surface area contributed by atoms with Gasteiger partial charge in [-0.05, 0) is 30.3 Å². The molecule has 2 aromatic rings. The van der Waals surface area contributed by atoms with Gasteiger partial charge in [0.15, 0.2) is 0 Å². The van der Waals surface area contributed by atoms with Crippen LogP contribution in [0, 0.1) is 5.82 Å². The van der Waals surface area contributed by atoms with Crippen LogP contribution in [-0.4, -0.2) is 11.1 Å². The zero-order chi connectivity index (χ0) is 12.3. The van der Waals surface area contributed by atoms with Crippen molar-refractivity contribution in [1.29, 1.82) is 0 Å². The average Bonchev–Trinajstić information content (AvgIpc) is 2.32. The largest absolute Gasteiger partial charge is 0.478 e. The molecule has 0 heterocycles. The van der Waals surface area contributed by atoms with Gasteiger partial charge in [0.2, 0.25) is 0 Å². The number of hydrogen-bond donors (Lipinski definition) is 1. The zero-order valence-corrected chi connectivity index (χ0v) is 9.58. The van der Waals surface area contributed by atoms with E-state index in [2.05, 4.69) is 0 Å². The minimum atomic E-state index is -1.12. The molecule has 1 N–H and O–H groups in total. The van der Waals surface area contributed by atoms with Crippen LogP contribution in [0.5, 0.6) is 0 Å². The van der Waals surface area contributed by atoms with Gasteiger partial charge in [0.05, 0.1) is 5.56 Å². The lowest BCUT2D eigenvalue weighted by molar-refractivity contribution is 0.0692. The molecule has 0 saturated heterocycles. The summed E-state index contributed by atoms with van der Waals surface area (Å²) in [4.78, 5) is 12.4. The number of halogens is 1. The van der Waals surface area contributed by atoms with Crippen molar-refractivity contribution in [1.82, 2.24) is 0 Å². The van der Waals surface area contributed by atoms with E-state index in [1.165, 1.54) is 23.9 Å². The summed E-state index contributed by atoms with van der Waals surface area (Å²) in [5.41, 5.74) is -0.0150. The summed E-state index contributed by atoms with van der Waals surface area (Å²) in [6.45, 7) is 0. The lowest BCUT2D eigenvalue weighted by atomic mass is 10.2. The predicted molar refractivity (Wildman–Crippen MR) is 63.9 cm³/mol. The van der Waals surface area contributed by atoms with E-state index in [0.717, 1.165) is 11.0 Å². The second-order valence-electron chi connectivity index (χ2n) is 3.36. The molecule has 2 aromatic carbocycles. The van der Waals surface area contributed by atoms with E-state index < -0.39 is 11.8 Å². The maximum absolute atomic E-state index is 13.0. The second-order valence-corrected chi connectivity index (χ2v) is 4.48. The zero-order valence-electron chi connectivity index (χ0n) is 8.76. The first-order valence-corrected chi connectivity index (χ1v) is 5.74. The van der Waals surface area contributed by atoms with Gasteiger partial charge in [-0.2, -0.15) is 0 Å². The smallest absolute Gasteiger partial charge is 0.336 e. The summed E-state index contributed by atoms with van der Waals surface area (Å²) in [5, 5.41) is 8.99. The summed E-state index contributed by atoms with van der Waals surface area (Å²) < 4.78 is 13.0. The summed E-state index contributed by atoms with van der Waals surface area (Å²) in [7, 11) is 0. The summed E-state index contributed by atoms with van der Waals surface area (Å²) >= 11 is 1.30. The minimum Gasteiger partial charge on any atom is -0.478 e. The van der Waals surface area contributed by atoms with Crippen LogP contribution < -0.4 is 0 Å². The summed E-state index contributed by atoms with van der Waals surface area (Å²) in [6.07, 6.45) is 0. The van der Waals surface area contributed by atoms with E-state index in [1.54, 1.807) is 0 Å². The van der Waals surface area contributed by atoms with Gasteiger partial charge in [-0.15, -0.1) is 0 Å². The normalized spacial score (nSPS) is 10.2. The van der Waals surface area contributed by atoms with E-state index >= 15 is 0 Å². The van der Waals surface area contributed by atoms with Crippen molar-refractivity contribution in [2.45, 2.75) is 9.79 Å². The molecule has 4 heteroatoms. The monoisotopic (exact) mass is 248 g/mol. The van der Waals surface area contributed by atoms with E-state index in [-0.39, 0.29) is 5.56 Å². The lowest BCUT2D eigenvalue weighted by Crippen LogP contribution is -1.99. The third kappa shape index (κ3) is 2.85. The molecule has 0 unspecified atom stereocenters. The highest BCUT2D eigenvalue weighted by molar-refractivity contribution is 7.99. The van der Waals surface area contributed by atoms with Crippen molar-refractivity contribution in [3.05, 3.63) is 59.9 Å². The topological polar surface area (TPSA) is 37.3 Å². The molecule has 0 bridgehead atoms. The van der Waals surface area contributed by atoms with E-state index in [1.807, 2.05) is 30.3 Å². The Labute approximate surface area is 102 Å². The fraction of sp³-hybridized carbons (Fsp3) is 0. The van der Waals surface area contributed by atoms with Crippen molar-refractivity contribution < 1.29 is 14.3 Å².